The molecule has 1 amide bonds. The van der Waals surface area contributed by atoms with Gasteiger partial charge in [0.15, 0.2) is 5.82 Å². The lowest BCUT2D eigenvalue weighted by molar-refractivity contribution is -0.116. The molecule has 0 fully saturated rings. The first-order valence-corrected chi connectivity index (χ1v) is 8.11. The number of para-hydroxylation sites is 1. The molecule has 1 aromatic carbocycles. The Morgan fingerprint density at radius 2 is 2.04 bits per heavy atom. The molecular formula is C19H17N5O. The molecule has 0 aliphatic carbocycles. The SMILES string of the molecule is O=C(CCc1c[nH]c2ccccc12)Nc1cccnc1-n1cccn1. The Labute approximate surface area is 144 Å². The fourth-order valence-corrected chi connectivity index (χ4v) is 2.87. The minimum atomic E-state index is -0.0494. The van der Waals surface area contributed by atoms with Crippen molar-refractivity contribution in [3.05, 3.63) is 72.8 Å². The third-order valence-corrected chi connectivity index (χ3v) is 4.08. The highest BCUT2D eigenvalue weighted by Crippen LogP contribution is 2.20. The molecule has 0 spiro atoms. The summed E-state index contributed by atoms with van der Waals surface area (Å²) in [6, 6.07) is 13.5. The number of rotatable bonds is 5. The Balaban J connectivity index is 1.46. The zero-order valence-electron chi connectivity index (χ0n) is 13.5. The monoisotopic (exact) mass is 331 g/mol. The number of carbonyl (C=O) groups excluding carboxylic acids is 1. The van der Waals surface area contributed by atoms with Crippen LogP contribution in [0.5, 0.6) is 0 Å². The van der Waals surface area contributed by atoms with Crippen LogP contribution in [0.1, 0.15) is 12.0 Å². The second kappa shape index (κ2) is 6.60. The standard InChI is InChI=1S/C19H17N5O/c25-18(9-8-14-13-21-16-6-2-1-5-15(14)16)23-17-7-3-10-20-19(17)24-12-4-11-22-24/h1-7,10-13,21H,8-9H2,(H,23,25). The third-order valence-electron chi connectivity index (χ3n) is 4.08. The first-order valence-electron chi connectivity index (χ1n) is 8.11. The molecule has 0 bridgehead atoms. The Morgan fingerprint density at radius 3 is 2.92 bits per heavy atom. The lowest BCUT2D eigenvalue weighted by atomic mass is 10.1. The molecule has 0 atom stereocenters. The highest BCUT2D eigenvalue weighted by molar-refractivity contribution is 5.93. The van der Waals surface area contributed by atoms with Crippen LogP contribution in [0, 0.1) is 0 Å². The number of H-pyrrole nitrogens is 1. The summed E-state index contributed by atoms with van der Waals surface area (Å²) in [5, 5.41) is 8.27. The number of fused-ring (bicyclic) bond motifs is 1. The van der Waals surface area contributed by atoms with Gasteiger partial charge in [-0.3, -0.25) is 4.79 Å². The van der Waals surface area contributed by atoms with Gasteiger partial charge in [0.25, 0.3) is 0 Å². The van der Waals surface area contributed by atoms with Gasteiger partial charge in [-0.25, -0.2) is 9.67 Å². The van der Waals surface area contributed by atoms with E-state index in [1.807, 2.05) is 36.5 Å². The first-order chi connectivity index (χ1) is 12.3. The summed E-state index contributed by atoms with van der Waals surface area (Å²) < 4.78 is 1.63. The van der Waals surface area contributed by atoms with E-state index < -0.39 is 0 Å². The lowest BCUT2D eigenvalue weighted by Gasteiger charge is -2.09. The first kappa shape index (κ1) is 15.1. The Hall–Kier alpha value is -3.41. The summed E-state index contributed by atoms with van der Waals surface area (Å²) in [6.45, 7) is 0. The van der Waals surface area contributed by atoms with Gasteiger partial charge in [-0.1, -0.05) is 18.2 Å². The van der Waals surface area contributed by atoms with Crippen LogP contribution in [0.4, 0.5) is 5.69 Å². The molecule has 0 saturated heterocycles. The second-order valence-electron chi connectivity index (χ2n) is 5.73. The van der Waals surface area contributed by atoms with Crippen molar-refractivity contribution in [1.29, 1.82) is 0 Å². The van der Waals surface area contributed by atoms with Gasteiger partial charge in [0, 0.05) is 42.1 Å². The van der Waals surface area contributed by atoms with Crippen LogP contribution in [-0.4, -0.2) is 25.7 Å². The van der Waals surface area contributed by atoms with Crippen LogP contribution in [0.3, 0.4) is 0 Å². The number of hydrogen-bond acceptors (Lipinski definition) is 3. The molecule has 6 heteroatoms. The van der Waals surface area contributed by atoms with E-state index >= 15 is 0 Å². The highest BCUT2D eigenvalue weighted by Gasteiger charge is 2.11. The van der Waals surface area contributed by atoms with E-state index in [0.717, 1.165) is 16.5 Å². The van der Waals surface area contributed by atoms with E-state index in [1.54, 1.807) is 29.3 Å². The average Bonchev–Trinajstić information content (AvgIpc) is 3.30. The molecule has 0 aliphatic rings. The van der Waals surface area contributed by atoms with E-state index in [0.29, 0.717) is 24.3 Å². The van der Waals surface area contributed by atoms with Crippen molar-refractivity contribution in [2.75, 3.05) is 5.32 Å². The van der Waals surface area contributed by atoms with Gasteiger partial charge in [-0.2, -0.15) is 5.10 Å². The normalized spacial score (nSPS) is 10.9. The van der Waals surface area contributed by atoms with Crippen molar-refractivity contribution < 1.29 is 4.79 Å². The van der Waals surface area contributed by atoms with Gasteiger partial charge < -0.3 is 10.3 Å². The van der Waals surface area contributed by atoms with Gasteiger partial charge in [0.05, 0.1) is 5.69 Å². The number of hydrogen-bond donors (Lipinski definition) is 2. The van der Waals surface area contributed by atoms with E-state index in [1.165, 1.54) is 0 Å². The van der Waals surface area contributed by atoms with Crippen LogP contribution in [0.25, 0.3) is 16.7 Å². The summed E-state index contributed by atoms with van der Waals surface area (Å²) in [5.74, 6) is 0.555. The Bertz CT molecular complexity index is 1000. The number of nitrogens with one attached hydrogen (secondary N) is 2. The van der Waals surface area contributed by atoms with Crippen molar-refractivity contribution in [2.24, 2.45) is 0 Å². The summed E-state index contributed by atoms with van der Waals surface area (Å²) in [5.41, 5.74) is 2.88. The number of pyridine rings is 1. The third kappa shape index (κ3) is 3.14. The predicted molar refractivity (Wildman–Crippen MR) is 96.6 cm³/mol. The van der Waals surface area contributed by atoms with E-state index in [2.05, 4.69) is 26.4 Å². The molecule has 4 aromatic rings. The van der Waals surface area contributed by atoms with Crippen LogP contribution < -0.4 is 5.32 Å². The largest absolute Gasteiger partial charge is 0.361 e. The zero-order valence-corrected chi connectivity index (χ0v) is 13.5. The van der Waals surface area contributed by atoms with Crippen molar-refractivity contribution >= 4 is 22.5 Å². The number of anilines is 1. The fraction of sp³-hybridized carbons (Fsp3) is 0.105. The molecule has 3 heterocycles. The fourth-order valence-electron chi connectivity index (χ4n) is 2.87. The Kier molecular flexibility index (Phi) is 4.00. The van der Waals surface area contributed by atoms with Gasteiger partial charge in [0.2, 0.25) is 5.91 Å². The van der Waals surface area contributed by atoms with Crippen LogP contribution >= 0.6 is 0 Å². The molecule has 2 N–H and O–H groups in total. The topological polar surface area (TPSA) is 75.6 Å². The molecule has 0 radical (unpaired) electrons. The second-order valence-corrected chi connectivity index (χ2v) is 5.73. The van der Waals surface area contributed by atoms with E-state index in [4.69, 9.17) is 0 Å². The summed E-state index contributed by atoms with van der Waals surface area (Å²) in [7, 11) is 0. The molecule has 0 saturated carbocycles. The summed E-state index contributed by atoms with van der Waals surface area (Å²) in [4.78, 5) is 19.9. The number of carbonyl (C=O) groups is 1. The van der Waals surface area contributed by atoms with Gasteiger partial charge in [-0.05, 0) is 36.2 Å². The number of aromatic nitrogens is 4. The minimum absolute atomic E-state index is 0.0494. The molecule has 0 aliphatic heterocycles. The molecule has 124 valence electrons. The van der Waals surface area contributed by atoms with Crippen LogP contribution in [0.15, 0.2) is 67.3 Å². The minimum Gasteiger partial charge on any atom is -0.361 e. The maximum absolute atomic E-state index is 12.4. The quantitative estimate of drug-likeness (QED) is 0.589. The molecule has 6 nitrogen and oxygen atoms in total. The number of aromatic amines is 1. The number of aryl methyl sites for hydroxylation is 1. The van der Waals surface area contributed by atoms with Crippen molar-refractivity contribution in [3.63, 3.8) is 0 Å². The van der Waals surface area contributed by atoms with Crippen LogP contribution in [-0.2, 0) is 11.2 Å². The molecule has 4 rings (SSSR count). The number of amides is 1. The molecular weight excluding hydrogens is 314 g/mol. The zero-order chi connectivity index (χ0) is 17.1. The van der Waals surface area contributed by atoms with E-state index in [9.17, 15) is 4.79 Å². The van der Waals surface area contributed by atoms with Gasteiger partial charge >= 0.3 is 0 Å². The van der Waals surface area contributed by atoms with Gasteiger partial charge in [-0.15, -0.1) is 0 Å². The maximum Gasteiger partial charge on any atom is 0.224 e. The maximum atomic E-state index is 12.4. The smallest absolute Gasteiger partial charge is 0.224 e. The van der Waals surface area contributed by atoms with Crippen molar-refractivity contribution in [2.45, 2.75) is 12.8 Å². The predicted octanol–water partition coefficient (Wildman–Crippen LogP) is 3.32. The van der Waals surface area contributed by atoms with Crippen molar-refractivity contribution in [1.82, 2.24) is 19.7 Å². The Morgan fingerprint density at radius 1 is 1.12 bits per heavy atom. The molecule has 25 heavy (non-hydrogen) atoms. The summed E-state index contributed by atoms with van der Waals surface area (Å²) in [6.07, 6.45) is 8.19. The van der Waals surface area contributed by atoms with E-state index in [-0.39, 0.29) is 5.91 Å². The molecule has 0 unspecified atom stereocenters. The van der Waals surface area contributed by atoms with Crippen molar-refractivity contribution in [3.8, 4) is 5.82 Å². The summed E-state index contributed by atoms with van der Waals surface area (Å²) >= 11 is 0. The average molecular weight is 331 g/mol. The number of nitrogens with zero attached hydrogens (tertiary/aromatic N) is 3. The number of benzene rings is 1. The molecule has 3 aromatic heterocycles. The highest BCUT2D eigenvalue weighted by atomic mass is 16.1. The lowest BCUT2D eigenvalue weighted by Crippen LogP contribution is -2.15. The van der Waals surface area contributed by atoms with Crippen LogP contribution in [0.2, 0.25) is 0 Å². The van der Waals surface area contributed by atoms with Gasteiger partial charge in [0.1, 0.15) is 0 Å².